The Bertz CT molecular complexity index is 398. The normalized spacial score (nSPS) is 30.9. The first-order valence-corrected chi connectivity index (χ1v) is 6.58. The van der Waals surface area contributed by atoms with Crippen LogP contribution in [0.4, 0.5) is 0 Å². The van der Waals surface area contributed by atoms with E-state index in [-0.39, 0.29) is 5.41 Å². The van der Waals surface area contributed by atoms with Gasteiger partial charge in [0, 0.05) is 44.4 Å². The molecule has 108 valence electrons. The molecule has 1 fully saturated rings. The first-order chi connectivity index (χ1) is 9.04. The highest BCUT2D eigenvalue weighted by Crippen LogP contribution is 2.38. The van der Waals surface area contributed by atoms with Crippen LogP contribution in [0.25, 0.3) is 0 Å². The second kappa shape index (κ2) is 6.00. The number of aryl methyl sites for hydroxylation is 1. The maximum Gasteiger partial charge on any atom is 0.0806 e. The lowest BCUT2D eigenvalue weighted by molar-refractivity contribution is 0.0438. The van der Waals surface area contributed by atoms with Crippen LogP contribution in [0.2, 0.25) is 0 Å². The van der Waals surface area contributed by atoms with E-state index < -0.39 is 12.2 Å². The zero-order valence-electron chi connectivity index (χ0n) is 11.5. The van der Waals surface area contributed by atoms with Crippen molar-refractivity contribution in [3.8, 4) is 0 Å². The molecular weight excluding hydrogens is 246 g/mol. The quantitative estimate of drug-likeness (QED) is 0.658. The number of nitrogens with one attached hydrogen (secondary N) is 1. The summed E-state index contributed by atoms with van der Waals surface area (Å²) in [7, 11) is 3.54. The van der Waals surface area contributed by atoms with Crippen LogP contribution in [0.15, 0.2) is 12.4 Å². The van der Waals surface area contributed by atoms with Crippen LogP contribution in [0.1, 0.15) is 18.4 Å². The Morgan fingerprint density at radius 3 is 2.68 bits per heavy atom. The summed E-state index contributed by atoms with van der Waals surface area (Å²) in [6.07, 6.45) is 3.65. The van der Waals surface area contributed by atoms with Crippen LogP contribution in [-0.4, -0.2) is 52.5 Å². The van der Waals surface area contributed by atoms with E-state index in [4.69, 9.17) is 4.74 Å². The van der Waals surface area contributed by atoms with E-state index in [1.807, 2.05) is 19.4 Å². The molecule has 2 atom stereocenters. The molecule has 0 saturated heterocycles. The fraction of sp³-hybridized carbons (Fsp3) is 0.769. The van der Waals surface area contributed by atoms with Crippen LogP contribution in [-0.2, 0) is 18.3 Å². The van der Waals surface area contributed by atoms with Crippen molar-refractivity contribution < 1.29 is 14.9 Å². The molecule has 2 rings (SSSR count). The summed E-state index contributed by atoms with van der Waals surface area (Å²) in [6.45, 7) is 1.98. The number of nitrogens with zero attached hydrogens (tertiary/aromatic N) is 2. The average molecular weight is 269 g/mol. The van der Waals surface area contributed by atoms with Gasteiger partial charge in [-0.25, -0.2) is 0 Å². The standard InChI is InChI=1S/C13H23N3O3/c1-16-7-10(6-15-16)5-14-8-13(9-19-2)3-11(17)12(18)4-13/h6-7,11-12,14,17-18H,3-5,8-9H2,1-2H3. The monoisotopic (exact) mass is 269 g/mol. The van der Waals surface area contributed by atoms with Crippen molar-refractivity contribution >= 4 is 0 Å². The number of aromatic nitrogens is 2. The number of ether oxygens (including phenoxy) is 1. The molecule has 1 aliphatic carbocycles. The van der Waals surface area contributed by atoms with Crippen molar-refractivity contribution in [2.75, 3.05) is 20.3 Å². The first-order valence-electron chi connectivity index (χ1n) is 6.58. The molecule has 0 bridgehead atoms. The van der Waals surface area contributed by atoms with Gasteiger partial charge in [0.05, 0.1) is 25.0 Å². The van der Waals surface area contributed by atoms with E-state index in [0.717, 1.165) is 12.1 Å². The predicted octanol–water partition coefficient (Wildman–Crippen LogP) is -0.342. The van der Waals surface area contributed by atoms with Gasteiger partial charge in [-0.05, 0) is 12.8 Å². The lowest BCUT2D eigenvalue weighted by Gasteiger charge is -2.28. The third-order valence-electron chi connectivity index (χ3n) is 3.77. The third-order valence-corrected chi connectivity index (χ3v) is 3.77. The van der Waals surface area contributed by atoms with Gasteiger partial charge in [0.15, 0.2) is 0 Å². The molecule has 2 unspecified atom stereocenters. The summed E-state index contributed by atoms with van der Waals surface area (Å²) in [5.74, 6) is 0. The maximum absolute atomic E-state index is 9.73. The zero-order chi connectivity index (χ0) is 13.9. The van der Waals surface area contributed by atoms with Crippen molar-refractivity contribution in [1.29, 1.82) is 0 Å². The highest BCUT2D eigenvalue weighted by molar-refractivity contribution is 5.03. The molecule has 0 aliphatic heterocycles. The van der Waals surface area contributed by atoms with Crippen molar-refractivity contribution in [3.05, 3.63) is 18.0 Å². The molecule has 0 amide bonds. The van der Waals surface area contributed by atoms with Gasteiger partial charge in [0.2, 0.25) is 0 Å². The fourth-order valence-corrected chi connectivity index (χ4v) is 2.90. The van der Waals surface area contributed by atoms with Gasteiger partial charge in [0.25, 0.3) is 0 Å². The molecule has 6 heteroatoms. The second-order valence-electron chi connectivity index (χ2n) is 5.60. The van der Waals surface area contributed by atoms with Gasteiger partial charge in [0.1, 0.15) is 0 Å². The molecule has 6 nitrogen and oxygen atoms in total. The molecule has 3 N–H and O–H groups in total. The largest absolute Gasteiger partial charge is 0.390 e. The lowest BCUT2D eigenvalue weighted by atomic mass is 9.86. The Hall–Kier alpha value is -0.950. The van der Waals surface area contributed by atoms with Gasteiger partial charge in [-0.15, -0.1) is 0 Å². The zero-order valence-corrected chi connectivity index (χ0v) is 11.5. The van der Waals surface area contributed by atoms with Crippen molar-refractivity contribution in [2.45, 2.75) is 31.6 Å². The summed E-state index contributed by atoms with van der Waals surface area (Å²) in [4.78, 5) is 0. The lowest BCUT2D eigenvalue weighted by Crippen LogP contribution is -2.36. The Morgan fingerprint density at radius 1 is 1.47 bits per heavy atom. The number of hydrogen-bond donors (Lipinski definition) is 3. The van der Waals surface area contributed by atoms with Crippen molar-refractivity contribution in [2.24, 2.45) is 12.5 Å². The molecule has 1 heterocycles. The van der Waals surface area contributed by atoms with Crippen molar-refractivity contribution in [3.63, 3.8) is 0 Å². The van der Waals surface area contributed by atoms with E-state index in [9.17, 15) is 10.2 Å². The minimum absolute atomic E-state index is 0.185. The summed E-state index contributed by atoms with van der Waals surface area (Å²) in [6, 6.07) is 0. The van der Waals surface area contributed by atoms with Gasteiger partial charge >= 0.3 is 0 Å². The Morgan fingerprint density at radius 2 is 2.16 bits per heavy atom. The van der Waals surface area contributed by atoms with E-state index in [0.29, 0.717) is 26.0 Å². The highest BCUT2D eigenvalue weighted by Gasteiger charge is 2.43. The van der Waals surface area contributed by atoms with Gasteiger partial charge in [-0.1, -0.05) is 0 Å². The van der Waals surface area contributed by atoms with Gasteiger partial charge < -0.3 is 20.3 Å². The Kier molecular flexibility index (Phi) is 4.57. The van der Waals surface area contributed by atoms with E-state index in [2.05, 4.69) is 10.4 Å². The number of methoxy groups -OCH3 is 1. The molecule has 19 heavy (non-hydrogen) atoms. The number of aliphatic hydroxyl groups is 2. The summed E-state index contributed by atoms with van der Waals surface area (Å²) >= 11 is 0. The van der Waals surface area contributed by atoms with E-state index >= 15 is 0 Å². The number of hydrogen-bond acceptors (Lipinski definition) is 5. The third kappa shape index (κ3) is 3.54. The Labute approximate surface area is 113 Å². The minimum Gasteiger partial charge on any atom is -0.390 e. The molecule has 0 aromatic carbocycles. The van der Waals surface area contributed by atoms with Crippen molar-refractivity contribution in [1.82, 2.24) is 15.1 Å². The fourth-order valence-electron chi connectivity index (χ4n) is 2.90. The Balaban J connectivity index is 1.87. The summed E-state index contributed by atoms with van der Waals surface area (Å²) < 4.78 is 7.02. The van der Waals surface area contributed by atoms with Crippen LogP contribution < -0.4 is 5.32 Å². The SMILES string of the molecule is COCC1(CNCc2cnn(C)c2)CC(O)C(O)C1. The molecule has 1 aromatic rings. The molecule has 1 saturated carbocycles. The topological polar surface area (TPSA) is 79.5 Å². The second-order valence-corrected chi connectivity index (χ2v) is 5.60. The van der Waals surface area contributed by atoms with Gasteiger partial charge in [-0.2, -0.15) is 5.10 Å². The molecule has 0 radical (unpaired) electrons. The van der Waals surface area contributed by atoms with Crippen LogP contribution in [0, 0.1) is 5.41 Å². The van der Waals surface area contributed by atoms with Gasteiger partial charge in [-0.3, -0.25) is 4.68 Å². The number of rotatable bonds is 6. The van der Waals surface area contributed by atoms with Crippen LogP contribution in [0.3, 0.4) is 0 Å². The summed E-state index contributed by atoms with van der Waals surface area (Å²) in [5.41, 5.74) is 0.935. The molecule has 1 aromatic heterocycles. The highest BCUT2D eigenvalue weighted by atomic mass is 16.5. The molecular formula is C13H23N3O3. The van der Waals surface area contributed by atoms with Crippen LogP contribution in [0.5, 0.6) is 0 Å². The number of aliphatic hydroxyl groups excluding tert-OH is 2. The van der Waals surface area contributed by atoms with Crippen LogP contribution >= 0.6 is 0 Å². The smallest absolute Gasteiger partial charge is 0.0806 e. The van der Waals surface area contributed by atoms with E-state index in [1.54, 1.807) is 11.8 Å². The molecule has 1 aliphatic rings. The summed E-state index contributed by atoms with van der Waals surface area (Å²) in [5, 5.41) is 27.0. The molecule has 0 spiro atoms. The average Bonchev–Trinajstić information content (AvgIpc) is 2.86. The predicted molar refractivity (Wildman–Crippen MR) is 70.5 cm³/mol. The maximum atomic E-state index is 9.73. The first kappa shape index (κ1) is 14.5. The van der Waals surface area contributed by atoms with E-state index in [1.165, 1.54) is 0 Å². The minimum atomic E-state index is -0.643.